The third kappa shape index (κ3) is 2.89. The summed E-state index contributed by atoms with van der Waals surface area (Å²) < 4.78 is 21.0. The van der Waals surface area contributed by atoms with Crippen molar-refractivity contribution in [1.82, 2.24) is 0 Å². The Bertz CT molecular complexity index is 405. The van der Waals surface area contributed by atoms with Gasteiger partial charge in [-0.15, -0.1) is 0 Å². The lowest BCUT2D eigenvalue weighted by molar-refractivity contribution is 0.0483. The van der Waals surface area contributed by atoms with Gasteiger partial charge in [-0.3, -0.25) is 4.79 Å². The van der Waals surface area contributed by atoms with Crippen LogP contribution in [0.25, 0.3) is 0 Å². The second-order valence-electron chi connectivity index (χ2n) is 3.01. The molecule has 0 bridgehead atoms. The van der Waals surface area contributed by atoms with Crippen LogP contribution in [-0.4, -0.2) is 34.4 Å². The molecule has 1 rings (SSSR count). The molecule has 17 heavy (non-hydrogen) atoms. The fraction of sp³-hybridized carbons (Fsp3) is 0.364. The lowest BCUT2D eigenvalue weighted by atomic mass is 10.2. The molecule has 0 aliphatic rings. The highest BCUT2D eigenvalue weighted by molar-refractivity contribution is 9.10. The van der Waals surface area contributed by atoms with E-state index in [2.05, 4.69) is 15.9 Å². The molecule has 0 heterocycles. The predicted molar refractivity (Wildman–Crippen MR) is 65.1 cm³/mol. The van der Waals surface area contributed by atoms with Crippen LogP contribution in [-0.2, 0) is 4.74 Å². The van der Waals surface area contributed by atoms with Gasteiger partial charge in [0.25, 0.3) is 0 Å². The van der Waals surface area contributed by atoms with Gasteiger partial charge < -0.3 is 18.9 Å². The number of ether oxygens (including phenoxy) is 4. The average molecular weight is 305 g/mol. The number of hydrogen-bond acceptors (Lipinski definition) is 5. The van der Waals surface area contributed by atoms with Crippen LogP contribution in [0.2, 0.25) is 0 Å². The first-order valence-corrected chi connectivity index (χ1v) is 5.50. The van der Waals surface area contributed by atoms with Crippen LogP contribution in [0.4, 0.5) is 0 Å². The second-order valence-corrected chi connectivity index (χ2v) is 3.86. The van der Waals surface area contributed by atoms with Gasteiger partial charge in [0.05, 0.1) is 18.7 Å². The van der Waals surface area contributed by atoms with Crippen LogP contribution in [0.15, 0.2) is 10.5 Å². The molecule has 0 amide bonds. The summed E-state index contributed by atoms with van der Waals surface area (Å²) in [7, 11) is 4.45. The topological polar surface area (TPSA) is 54.0 Å². The number of hydrogen-bond donors (Lipinski definition) is 0. The van der Waals surface area contributed by atoms with Crippen LogP contribution in [0.1, 0.15) is 10.4 Å². The van der Waals surface area contributed by atoms with Gasteiger partial charge in [0, 0.05) is 7.11 Å². The number of carbonyl (C=O) groups is 1. The number of halogens is 1. The first kappa shape index (κ1) is 13.8. The Morgan fingerprint density at radius 2 is 1.94 bits per heavy atom. The van der Waals surface area contributed by atoms with Crippen LogP contribution in [0.3, 0.4) is 0 Å². The minimum absolute atomic E-state index is 0.0107. The first-order chi connectivity index (χ1) is 8.19. The summed E-state index contributed by atoms with van der Waals surface area (Å²) in [5, 5.41) is 0. The molecule has 0 atom stereocenters. The SMILES string of the molecule is COCOc1c(C=O)c(OC)cc(Br)c1OC. The highest BCUT2D eigenvalue weighted by Crippen LogP contribution is 2.42. The zero-order valence-electron chi connectivity index (χ0n) is 9.78. The van der Waals surface area contributed by atoms with E-state index in [1.165, 1.54) is 21.3 Å². The Morgan fingerprint density at radius 1 is 1.24 bits per heavy atom. The third-order valence-corrected chi connectivity index (χ3v) is 2.64. The summed E-state index contributed by atoms with van der Waals surface area (Å²) in [5.41, 5.74) is 0.282. The molecule has 0 fully saturated rings. The molecule has 0 spiro atoms. The number of rotatable bonds is 6. The maximum absolute atomic E-state index is 11.1. The maximum Gasteiger partial charge on any atom is 0.188 e. The Labute approximate surface area is 108 Å². The molecule has 0 radical (unpaired) electrons. The molecule has 1 aromatic rings. The lowest BCUT2D eigenvalue weighted by Crippen LogP contribution is -2.05. The Morgan fingerprint density at radius 3 is 2.41 bits per heavy atom. The molecule has 6 heteroatoms. The van der Waals surface area contributed by atoms with Gasteiger partial charge in [0.2, 0.25) is 0 Å². The van der Waals surface area contributed by atoms with E-state index >= 15 is 0 Å². The summed E-state index contributed by atoms with van der Waals surface area (Å²) in [5.74, 6) is 1.11. The van der Waals surface area contributed by atoms with Crippen molar-refractivity contribution in [1.29, 1.82) is 0 Å². The molecule has 0 aliphatic carbocycles. The van der Waals surface area contributed by atoms with Crippen molar-refractivity contribution in [2.24, 2.45) is 0 Å². The summed E-state index contributed by atoms with van der Waals surface area (Å²) in [6.45, 7) is 0.0107. The quantitative estimate of drug-likeness (QED) is 0.596. The smallest absolute Gasteiger partial charge is 0.188 e. The van der Waals surface area contributed by atoms with E-state index in [0.717, 1.165) is 0 Å². The van der Waals surface area contributed by atoms with Crippen LogP contribution < -0.4 is 14.2 Å². The Balaban J connectivity index is 3.35. The van der Waals surface area contributed by atoms with E-state index in [1.807, 2.05) is 0 Å². The van der Waals surface area contributed by atoms with Crippen LogP contribution in [0, 0.1) is 0 Å². The third-order valence-electron chi connectivity index (χ3n) is 2.05. The Hall–Kier alpha value is -1.27. The van der Waals surface area contributed by atoms with Gasteiger partial charge in [-0.1, -0.05) is 0 Å². The van der Waals surface area contributed by atoms with Crippen molar-refractivity contribution in [3.63, 3.8) is 0 Å². The number of carbonyl (C=O) groups excluding carboxylic acids is 1. The first-order valence-electron chi connectivity index (χ1n) is 4.71. The average Bonchev–Trinajstić information content (AvgIpc) is 2.35. The molecule has 0 aliphatic heterocycles. The van der Waals surface area contributed by atoms with Gasteiger partial charge in [-0.2, -0.15) is 0 Å². The molecular formula is C11H13BrO5. The molecule has 0 saturated carbocycles. The Kier molecular flexibility index (Phi) is 5.24. The summed E-state index contributed by atoms with van der Waals surface area (Å²) in [6, 6.07) is 1.64. The van der Waals surface area contributed by atoms with Gasteiger partial charge in [0.1, 0.15) is 11.3 Å². The molecule has 1 aromatic carbocycles. The fourth-order valence-electron chi connectivity index (χ4n) is 1.33. The van der Waals surface area contributed by atoms with Gasteiger partial charge in [-0.05, 0) is 22.0 Å². The summed E-state index contributed by atoms with van der Waals surface area (Å²) in [4.78, 5) is 11.1. The monoisotopic (exact) mass is 304 g/mol. The number of methoxy groups -OCH3 is 3. The van der Waals surface area contributed by atoms with E-state index in [1.54, 1.807) is 6.07 Å². The van der Waals surface area contributed by atoms with Crippen molar-refractivity contribution in [3.05, 3.63) is 16.1 Å². The van der Waals surface area contributed by atoms with Crippen molar-refractivity contribution < 1.29 is 23.7 Å². The molecule has 0 saturated heterocycles. The second kappa shape index (κ2) is 6.46. The molecule has 5 nitrogen and oxygen atoms in total. The van der Waals surface area contributed by atoms with Crippen molar-refractivity contribution in [2.45, 2.75) is 0 Å². The van der Waals surface area contributed by atoms with E-state index in [-0.39, 0.29) is 18.1 Å². The lowest BCUT2D eigenvalue weighted by Gasteiger charge is -2.15. The van der Waals surface area contributed by atoms with Gasteiger partial charge in [-0.25, -0.2) is 0 Å². The zero-order valence-corrected chi connectivity index (χ0v) is 11.4. The standard InChI is InChI=1S/C11H13BrO5/c1-14-6-17-10-7(5-13)9(15-2)4-8(12)11(10)16-3/h4-5H,6H2,1-3H3. The highest BCUT2D eigenvalue weighted by atomic mass is 79.9. The highest BCUT2D eigenvalue weighted by Gasteiger charge is 2.19. The van der Waals surface area contributed by atoms with Gasteiger partial charge in [0.15, 0.2) is 24.6 Å². The summed E-state index contributed by atoms with van der Waals surface area (Å²) >= 11 is 3.31. The molecule has 0 N–H and O–H groups in total. The van der Waals surface area contributed by atoms with E-state index in [0.29, 0.717) is 22.3 Å². The number of benzene rings is 1. The van der Waals surface area contributed by atoms with Crippen LogP contribution >= 0.6 is 15.9 Å². The fourth-order valence-corrected chi connectivity index (χ4v) is 1.88. The largest absolute Gasteiger partial charge is 0.496 e. The molecule has 0 unspecified atom stereocenters. The predicted octanol–water partition coefficient (Wildman–Crippen LogP) is 2.26. The normalized spacial score (nSPS) is 9.88. The maximum atomic E-state index is 11.1. The molecular weight excluding hydrogens is 292 g/mol. The molecule has 94 valence electrons. The minimum Gasteiger partial charge on any atom is -0.496 e. The van der Waals surface area contributed by atoms with E-state index in [9.17, 15) is 4.79 Å². The summed E-state index contributed by atoms with van der Waals surface area (Å²) in [6.07, 6.45) is 0.652. The van der Waals surface area contributed by atoms with Crippen molar-refractivity contribution >= 4 is 22.2 Å². The zero-order chi connectivity index (χ0) is 12.8. The number of aldehydes is 1. The minimum atomic E-state index is 0.0107. The van der Waals surface area contributed by atoms with Crippen LogP contribution in [0.5, 0.6) is 17.2 Å². The molecule has 0 aromatic heterocycles. The van der Waals surface area contributed by atoms with Crippen molar-refractivity contribution in [2.75, 3.05) is 28.1 Å². The van der Waals surface area contributed by atoms with E-state index < -0.39 is 0 Å². The van der Waals surface area contributed by atoms with Gasteiger partial charge >= 0.3 is 0 Å². The van der Waals surface area contributed by atoms with Crippen molar-refractivity contribution in [3.8, 4) is 17.2 Å². The van der Waals surface area contributed by atoms with E-state index in [4.69, 9.17) is 18.9 Å².